The zero-order valence-electron chi connectivity index (χ0n) is 10.8. The molecule has 19 heavy (non-hydrogen) atoms. The molecule has 3 N–H and O–H groups in total. The van der Waals surface area contributed by atoms with E-state index in [9.17, 15) is 4.79 Å². The number of fused-ring (bicyclic) bond motifs is 1. The van der Waals surface area contributed by atoms with E-state index in [-0.39, 0.29) is 11.9 Å². The summed E-state index contributed by atoms with van der Waals surface area (Å²) in [6, 6.07) is 7.82. The van der Waals surface area contributed by atoms with Crippen LogP contribution in [-0.2, 0) is 0 Å². The SMILES string of the molecule is COc1ccc2cc(C(=O)N[C@@H]3CCNC3)[nH]c2c1. The first-order valence-electron chi connectivity index (χ1n) is 6.44. The van der Waals surface area contributed by atoms with Crippen molar-refractivity contribution < 1.29 is 9.53 Å². The fourth-order valence-corrected chi connectivity index (χ4v) is 2.40. The van der Waals surface area contributed by atoms with E-state index in [0.29, 0.717) is 5.69 Å². The number of H-pyrrole nitrogens is 1. The molecule has 2 heterocycles. The molecule has 1 amide bonds. The smallest absolute Gasteiger partial charge is 0.267 e. The molecule has 0 spiro atoms. The third-order valence-electron chi connectivity index (χ3n) is 3.47. The van der Waals surface area contributed by atoms with Crippen LogP contribution in [0.1, 0.15) is 16.9 Å². The maximum atomic E-state index is 12.1. The molecule has 100 valence electrons. The van der Waals surface area contributed by atoms with E-state index in [4.69, 9.17) is 4.74 Å². The van der Waals surface area contributed by atoms with Gasteiger partial charge in [0.25, 0.3) is 5.91 Å². The molecule has 1 saturated heterocycles. The van der Waals surface area contributed by atoms with Crippen molar-refractivity contribution in [2.45, 2.75) is 12.5 Å². The van der Waals surface area contributed by atoms with E-state index in [1.807, 2.05) is 24.3 Å². The summed E-state index contributed by atoms with van der Waals surface area (Å²) in [5.41, 5.74) is 1.50. The van der Waals surface area contributed by atoms with Gasteiger partial charge in [-0.1, -0.05) is 0 Å². The number of methoxy groups -OCH3 is 1. The number of carbonyl (C=O) groups excluding carboxylic acids is 1. The molecule has 1 atom stereocenters. The summed E-state index contributed by atoms with van der Waals surface area (Å²) in [4.78, 5) is 15.3. The second kappa shape index (κ2) is 4.93. The van der Waals surface area contributed by atoms with Crippen LogP contribution < -0.4 is 15.4 Å². The Bertz CT molecular complexity index is 600. The highest BCUT2D eigenvalue weighted by Crippen LogP contribution is 2.21. The summed E-state index contributed by atoms with van der Waals surface area (Å²) >= 11 is 0. The summed E-state index contributed by atoms with van der Waals surface area (Å²) in [7, 11) is 1.63. The number of amides is 1. The van der Waals surface area contributed by atoms with Gasteiger partial charge in [0.1, 0.15) is 11.4 Å². The number of aromatic amines is 1. The molecule has 3 rings (SSSR count). The van der Waals surface area contributed by atoms with Crippen molar-refractivity contribution in [2.75, 3.05) is 20.2 Å². The van der Waals surface area contributed by atoms with Crippen molar-refractivity contribution in [1.29, 1.82) is 0 Å². The van der Waals surface area contributed by atoms with Crippen molar-refractivity contribution >= 4 is 16.8 Å². The van der Waals surface area contributed by atoms with Crippen molar-refractivity contribution in [3.8, 4) is 5.75 Å². The molecule has 1 aliphatic rings. The first-order chi connectivity index (χ1) is 9.26. The molecular weight excluding hydrogens is 242 g/mol. The van der Waals surface area contributed by atoms with Crippen LogP contribution in [0.5, 0.6) is 5.75 Å². The highest BCUT2D eigenvalue weighted by Gasteiger charge is 2.18. The summed E-state index contributed by atoms with van der Waals surface area (Å²) in [6.45, 7) is 1.81. The molecule has 5 heteroatoms. The van der Waals surface area contributed by atoms with Gasteiger partial charge >= 0.3 is 0 Å². The second-order valence-electron chi connectivity index (χ2n) is 4.80. The topological polar surface area (TPSA) is 66.2 Å². The van der Waals surface area contributed by atoms with Gasteiger partial charge in [-0.25, -0.2) is 0 Å². The third kappa shape index (κ3) is 2.42. The molecule has 1 aliphatic heterocycles. The number of ether oxygens (including phenoxy) is 1. The Morgan fingerprint density at radius 2 is 2.32 bits per heavy atom. The summed E-state index contributed by atoms with van der Waals surface area (Å²) in [6.07, 6.45) is 0.986. The van der Waals surface area contributed by atoms with E-state index >= 15 is 0 Å². The quantitative estimate of drug-likeness (QED) is 0.777. The molecule has 0 bridgehead atoms. The molecule has 0 saturated carbocycles. The van der Waals surface area contributed by atoms with Crippen molar-refractivity contribution in [3.63, 3.8) is 0 Å². The Balaban J connectivity index is 1.81. The lowest BCUT2D eigenvalue weighted by Crippen LogP contribution is -2.36. The predicted octanol–water partition coefficient (Wildman–Crippen LogP) is 1.27. The maximum Gasteiger partial charge on any atom is 0.267 e. The monoisotopic (exact) mass is 259 g/mol. The normalized spacial score (nSPS) is 18.7. The fourth-order valence-electron chi connectivity index (χ4n) is 2.40. The molecule has 5 nitrogen and oxygen atoms in total. The van der Waals surface area contributed by atoms with Crippen LogP contribution in [0, 0.1) is 0 Å². The Kier molecular flexibility index (Phi) is 3.13. The minimum Gasteiger partial charge on any atom is -0.497 e. The Hall–Kier alpha value is -2.01. The average Bonchev–Trinajstić information content (AvgIpc) is 3.05. The maximum absolute atomic E-state index is 12.1. The lowest BCUT2D eigenvalue weighted by atomic mass is 10.2. The van der Waals surface area contributed by atoms with E-state index in [2.05, 4.69) is 15.6 Å². The van der Waals surface area contributed by atoms with Crippen LogP contribution in [0.25, 0.3) is 10.9 Å². The minimum absolute atomic E-state index is 0.0520. The Morgan fingerprint density at radius 1 is 1.42 bits per heavy atom. The van der Waals surface area contributed by atoms with E-state index in [1.54, 1.807) is 7.11 Å². The minimum atomic E-state index is -0.0520. The van der Waals surface area contributed by atoms with E-state index in [0.717, 1.165) is 36.2 Å². The second-order valence-corrected chi connectivity index (χ2v) is 4.80. The van der Waals surface area contributed by atoms with Gasteiger partial charge in [0, 0.05) is 29.6 Å². The van der Waals surface area contributed by atoms with Crippen molar-refractivity contribution in [3.05, 3.63) is 30.0 Å². The molecule has 0 aliphatic carbocycles. The number of nitrogens with one attached hydrogen (secondary N) is 3. The highest BCUT2D eigenvalue weighted by molar-refractivity contribution is 5.98. The lowest BCUT2D eigenvalue weighted by Gasteiger charge is -2.09. The largest absolute Gasteiger partial charge is 0.497 e. The van der Waals surface area contributed by atoms with Crippen LogP contribution in [0.4, 0.5) is 0 Å². The molecule has 1 aromatic carbocycles. The van der Waals surface area contributed by atoms with Gasteiger partial charge in [0.05, 0.1) is 7.11 Å². The van der Waals surface area contributed by atoms with Crippen molar-refractivity contribution in [1.82, 2.24) is 15.6 Å². The Labute approximate surface area is 111 Å². The predicted molar refractivity (Wildman–Crippen MR) is 73.6 cm³/mol. The third-order valence-corrected chi connectivity index (χ3v) is 3.47. The molecule has 2 aromatic rings. The molecule has 0 unspecified atom stereocenters. The van der Waals surface area contributed by atoms with Crippen LogP contribution in [0.2, 0.25) is 0 Å². The summed E-state index contributed by atoms with van der Waals surface area (Å²) in [5.74, 6) is 0.727. The number of hydrogen-bond acceptors (Lipinski definition) is 3. The van der Waals surface area contributed by atoms with E-state index < -0.39 is 0 Å². The van der Waals surface area contributed by atoms with Gasteiger partial charge in [-0.05, 0) is 31.2 Å². The van der Waals surface area contributed by atoms with Crippen molar-refractivity contribution in [2.24, 2.45) is 0 Å². The standard InChI is InChI=1S/C14H17N3O2/c1-19-11-3-2-9-6-13(17-12(9)7-11)14(18)16-10-4-5-15-8-10/h2-3,6-7,10,15,17H,4-5,8H2,1H3,(H,16,18)/t10-/m1/s1. The van der Waals surface area contributed by atoms with Crippen LogP contribution in [-0.4, -0.2) is 37.1 Å². The molecule has 0 radical (unpaired) electrons. The average molecular weight is 259 g/mol. The first-order valence-corrected chi connectivity index (χ1v) is 6.44. The van der Waals surface area contributed by atoms with Gasteiger partial charge in [0.2, 0.25) is 0 Å². The summed E-state index contributed by atoms with van der Waals surface area (Å²) < 4.78 is 5.17. The first kappa shape index (κ1) is 12.0. The Morgan fingerprint density at radius 3 is 3.05 bits per heavy atom. The number of hydrogen-bond donors (Lipinski definition) is 3. The van der Waals surface area contributed by atoms with E-state index in [1.165, 1.54) is 0 Å². The molecular formula is C14H17N3O2. The van der Waals surface area contributed by atoms with Gasteiger partial charge in [-0.15, -0.1) is 0 Å². The van der Waals surface area contributed by atoms with Gasteiger partial charge in [-0.3, -0.25) is 4.79 Å². The van der Waals surface area contributed by atoms with Gasteiger partial charge < -0.3 is 20.4 Å². The summed E-state index contributed by atoms with van der Waals surface area (Å²) in [5, 5.41) is 7.26. The number of benzene rings is 1. The number of carbonyl (C=O) groups is 1. The van der Waals surface area contributed by atoms with Gasteiger partial charge in [-0.2, -0.15) is 0 Å². The van der Waals surface area contributed by atoms with Crippen LogP contribution >= 0.6 is 0 Å². The zero-order valence-corrected chi connectivity index (χ0v) is 10.8. The lowest BCUT2D eigenvalue weighted by molar-refractivity contribution is 0.0936. The zero-order chi connectivity index (χ0) is 13.2. The molecule has 1 aromatic heterocycles. The molecule has 1 fully saturated rings. The van der Waals surface area contributed by atoms with Crippen LogP contribution in [0.3, 0.4) is 0 Å². The number of aromatic nitrogens is 1. The fraction of sp³-hybridized carbons (Fsp3) is 0.357. The van der Waals surface area contributed by atoms with Crippen LogP contribution in [0.15, 0.2) is 24.3 Å². The number of rotatable bonds is 3. The highest BCUT2D eigenvalue weighted by atomic mass is 16.5. The van der Waals surface area contributed by atoms with Gasteiger partial charge in [0.15, 0.2) is 0 Å².